The Hall–Kier alpha value is -4.23. The van der Waals surface area contributed by atoms with Gasteiger partial charge in [-0.15, -0.1) is 0 Å². The Kier molecular flexibility index (Phi) is 8.19. The lowest BCUT2D eigenvalue weighted by atomic mass is 9.85. The predicted octanol–water partition coefficient (Wildman–Crippen LogP) is 5.79. The summed E-state index contributed by atoms with van der Waals surface area (Å²) in [6.07, 6.45) is 9.51. The molecule has 4 fully saturated rings. The van der Waals surface area contributed by atoms with Crippen molar-refractivity contribution in [1.29, 1.82) is 0 Å². The number of anilines is 1. The second-order valence-corrected chi connectivity index (χ2v) is 14.2. The minimum atomic E-state index is -0.853. The van der Waals surface area contributed by atoms with E-state index in [1.54, 1.807) is 4.90 Å². The van der Waals surface area contributed by atoms with Gasteiger partial charge >= 0.3 is 6.01 Å². The Morgan fingerprint density at radius 3 is 2.79 bits per heavy atom. The number of aromatic nitrogens is 2. The Labute approximate surface area is 281 Å². The summed E-state index contributed by atoms with van der Waals surface area (Å²) in [6.45, 7) is 14.5. The lowest BCUT2D eigenvalue weighted by Crippen LogP contribution is -2.56. The van der Waals surface area contributed by atoms with Crippen LogP contribution in [-0.4, -0.2) is 95.4 Å². The number of carbonyl (C=O) groups excluding carboxylic acids is 1. The molecule has 2 aromatic carbocycles. The van der Waals surface area contributed by atoms with Gasteiger partial charge in [-0.2, -0.15) is 9.97 Å². The second-order valence-electron chi connectivity index (χ2n) is 14.2. The normalized spacial score (nSPS) is 25.4. The maximum Gasteiger partial charge on any atom is 0.319 e. The van der Waals surface area contributed by atoms with E-state index in [1.807, 2.05) is 0 Å². The molecule has 3 atom stereocenters. The van der Waals surface area contributed by atoms with Gasteiger partial charge < -0.3 is 24.1 Å². The van der Waals surface area contributed by atoms with Crippen molar-refractivity contribution in [3.63, 3.8) is 0 Å². The van der Waals surface area contributed by atoms with Crippen molar-refractivity contribution >= 4 is 22.6 Å². The fourth-order valence-electron chi connectivity index (χ4n) is 8.52. The topological polar surface area (TPSA) is 75.4 Å². The summed E-state index contributed by atoms with van der Waals surface area (Å²) in [4.78, 5) is 32.6. The van der Waals surface area contributed by atoms with E-state index in [4.69, 9.17) is 26.0 Å². The number of piperazine rings is 1. The SMILES string of the molecule is [C-]#[N+]C[C@H]1CN(c2nc(OC[C@@]34CCCN3C[C@H](F)C4)nc3c(OC4CC4)c(-c4cccc5c4CCCC5)ccc23)CCN1C(=O)C=C. The molecule has 0 radical (unpaired) electrons. The van der Waals surface area contributed by atoms with Crippen LogP contribution in [0, 0.1) is 6.57 Å². The number of ether oxygens (including phenoxy) is 2. The predicted molar refractivity (Wildman–Crippen MR) is 183 cm³/mol. The number of hydrogen-bond donors (Lipinski definition) is 0. The molecule has 8 rings (SSSR count). The number of fused-ring (bicyclic) bond motifs is 3. The smallest absolute Gasteiger partial charge is 0.319 e. The second kappa shape index (κ2) is 12.7. The largest absolute Gasteiger partial charge is 0.487 e. The average Bonchev–Trinajstić information content (AvgIpc) is 3.77. The van der Waals surface area contributed by atoms with Crippen molar-refractivity contribution in [3.8, 4) is 22.9 Å². The van der Waals surface area contributed by atoms with E-state index in [2.05, 4.69) is 51.6 Å². The third kappa shape index (κ3) is 5.66. The van der Waals surface area contributed by atoms with E-state index in [-0.39, 0.29) is 36.1 Å². The molecule has 1 amide bonds. The number of rotatable bonds is 9. The number of halogens is 1. The number of benzene rings is 2. The van der Waals surface area contributed by atoms with Crippen molar-refractivity contribution < 1.29 is 18.7 Å². The van der Waals surface area contributed by atoms with Crippen LogP contribution >= 0.6 is 0 Å². The number of carbonyl (C=O) groups is 1. The summed E-state index contributed by atoms with van der Waals surface area (Å²) in [6, 6.07) is 10.8. The minimum Gasteiger partial charge on any atom is -0.487 e. The first kappa shape index (κ1) is 31.1. The van der Waals surface area contributed by atoms with Gasteiger partial charge in [0.05, 0.1) is 11.6 Å². The average molecular weight is 651 g/mol. The van der Waals surface area contributed by atoms with E-state index in [9.17, 15) is 9.18 Å². The molecule has 5 aliphatic rings. The van der Waals surface area contributed by atoms with Crippen LogP contribution in [-0.2, 0) is 17.6 Å². The zero-order chi connectivity index (χ0) is 32.8. The lowest BCUT2D eigenvalue weighted by molar-refractivity contribution is -0.128. The Morgan fingerprint density at radius 1 is 1.08 bits per heavy atom. The standard InChI is InChI=1S/C38H43FN6O3/c1-3-33(46)45-19-18-43(23-27(45)21-40-2)36-32-15-14-31(30-11-6-9-25-8-4-5-10-29(25)30)35(48-28-12-13-28)34(32)41-37(42-36)47-24-38-16-7-17-44(38)22-26(39)20-38/h3,6,9,11,14-15,26-28H,1,4-5,7-8,10,12-13,16-24H2/t26-,27+,38+/m1/s1. The van der Waals surface area contributed by atoms with Crippen LogP contribution in [0.15, 0.2) is 43.0 Å². The van der Waals surface area contributed by atoms with Gasteiger partial charge in [0.15, 0.2) is 5.75 Å². The van der Waals surface area contributed by atoms with Gasteiger partial charge in [-0.3, -0.25) is 9.69 Å². The number of alkyl halides is 1. The van der Waals surface area contributed by atoms with Crippen LogP contribution in [0.5, 0.6) is 11.8 Å². The quantitative estimate of drug-likeness (QED) is 0.214. The van der Waals surface area contributed by atoms with Gasteiger partial charge in [-0.25, -0.2) is 11.0 Å². The summed E-state index contributed by atoms with van der Waals surface area (Å²) in [5, 5.41) is 0.849. The molecule has 9 nitrogen and oxygen atoms in total. The molecule has 0 bridgehead atoms. The number of hydrogen-bond acceptors (Lipinski definition) is 7. The molecule has 2 aliphatic carbocycles. The number of nitrogens with zero attached hydrogens (tertiary/aromatic N) is 6. The fraction of sp³-hybridized carbons (Fsp3) is 0.526. The summed E-state index contributed by atoms with van der Waals surface area (Å²) in [5.41, 5.74) is 5.39. The van der Waals surface area contributed by atoms with Gasteiger partial charge in [-0.05, 0) is 92.8 Å². The third-order valence-corrected chi connectivity index (χ3v) is 11.0. The van der Waals surface area contributed by atoms with E-state index < -0.39 is 6.17 Å². The molecule has 250 valence electrons. The minimum absolute atomic E-state index is 0.138. The summed E-state index contributed by atoms with van der Waals surface area (Å²) >= 11 is 0. The van der Waals surface area contributed by atoms with Gasteiger partial charge in [0, 0.05) is 43.5 Å². The molecule has 1 saturated carbocycles. The molecular weight excluding hydrogens is 607 g/mol. The van der Waals surface area contributed by atoms with Crippen LogP contribution in [0.2, 0.25) is 0 Å². The number of aryl methyl sites for hydroxylation is 1. The molecule has 0 N–H and O–H groups in total. The summed E-state index contributed by atoms with van der Waals surface area (Å²) < 4.78 is 27.9. The van der Waals surface area contributed by atoms with Crippen LogP contribution in [0.4, 0.5) is 10.2 Å². The molecule has 0 unspecified atom stereocenters. The Bertz CT molecular complexity index is 1790. The molecule has 3 aliphatic heterocycles. The van der Waals surface area contributed by atoms with Crippen LogP contribution in [0.3, 0.4) is 0 Å². The van der Waals surface area contributed by atoms with Crippen LogP contribution < -0.4 is 14.4 Å². The monoisotopic (exact) mass is 650 g/mol. The Morgan fingerprint density at radius 2 is 1.96 bits per heavy atom. The van der Waals surface area contributed by atoms with E-state index in [0.717, 1.165) is 61.8 Å². The molecule has 1 aromatic heterocycles. The van der Waals surface area contributed by atoms with Crippen molar-refractivity contribution in [3.05, 3.63) is 65.5 Å². The van der Waals surface area contributed by atoms with Gasteiger partial charge in [0.25, 0.3) is 0 Å². The molecule has 0 spiro atoms. The highest BCUT2D eigenvalue weighted by Crippen LogP contribution is 2.45. The van der Waals surface area contributed by atoms with E-state index >= 15 is 0 Å². The number of amides is 1. The highest BCUT2D eigenvalue weighted by atomic mass is 19.1. The summed E-state index contributed by atoms with van der Waals surface area (Å²) in [5.74, 6) is 1.29. The first-order chi connectivity index (χ1) is 23.5. The van der Waals surface area contributed by atoms with Gasteiger partial charge in [0.2, 0.25) is 12.5 Å². The summed E-state index contributed by atoms with van der Waals surface area (Å²) in [7, 11) is 0. The molecule has 48 heavy (non-hydrogen) atoms. The van der Waals surface area contributed by atoms with Crippen molar-refractivity contribution in [2.24, 2.45) is 0 Å². The van der Waals surface area contributed by atoms with Gasteiger partial charge in [0.1, 0.15) is 30.2 Å². The third-order valence-electron chi connectivity index (χ3n) is 11.0. The van der Waals surface area contributed by atoms with Crippen LogP contribution in [0.25, 0.3) is 26.9 Å². The lowest BCUT2D eigenvalue weighted by Gasteiger charge is -2.39. The van der Waals surface area contributed by atoms with Crippen molar-refractivity contribution in [2.75, 3.05) is 50.8 Å². The van der Waals surface area contributed by atoms with E-state index in [1.165, 1.54) is 35.6 Å². The molecule has 10 heteroatoms. The maximum atomic E-state index is 14.6. The highest BCUT2D eigenvalue weighted by molar-refractivity contribution is 5.99. The zero-order valence-corrected chi connectivity index (χ0v) is 27.5. The first-order valence-corrected chi connectivity index (χ1v) is 17.6. The molecule has 4 heterocycles. The first-order valence-electron chi connectivity index (χ1n) is 17.6. The van der Waals surface area contributed by atoms with Crippen LogP contribution in [0.1, 0.15) is 56.1 Å². The van der Waals surface area contributed by atoms with Crippen molar-refractivity contribution in [1.82, 2.24) is 19.8 Å². The molecule has 3 saturated heterocycles. The van der Waals surface area contributed by atoms with Gasteiger partial charge in [-0.1, -0.05) is 24.8 Å². The van der Waals surface area contributed by atoms with E-state index in [0.29, 0.717) is 50.5 Å². The Balaban J connectivity index is 1.25. The maximum absolute atomic E-state index is 14.6. The fourth-order valence-corrected chi connectivity index (χ4v) is 8.52. The molecular formula is C38H43FN6O3. The highest BCUT2D eigenvalue weighted by Gasteiger charge is 2.49. The van der Waals surface area contributed by atoms with Crippen molar-refractivity contribution in [2.45, 2.75) is 81.6 Å². The zero-order valence-electron chi connectivity index (χ0n) is 27.5. The molecule has 3 aromatic rings.